The van der Waals surface area contributed by atoms with Gasteiger partial charge in [0.1, 0.15) is 5.75 Å². The molecule has 2 rings (SSSR count). The molecular formula is C9H9BrN2O. The number of hydrogen-bond donors (Lipinski definition) is 0. The lowest BCUT2D eigenvalue weighted by atomic mass is 10.2. The van der Waals surface area contributed by atoms with Gasteiger partial charge in [-0.1, -0.05) is 0 Å². The second kappa shape index (κ2) is 3.03. The number of aromatic nitrogens is 2. The van der Waals surface area contributed by atoms with Crippen LogP contribution in [0.15, 0.2) is 22.8 Å². The molecule has 2 aromatic rings. The molecule has 0 N–H and O–H groups in total. The zero-order chi connectivity index (χ0) is 9.42. The average molecular weight is 241 g/mol. The van der Waals surface area contributed by atoms with Gasteiger partial charge >= 0.3 is 0 Å². The number of aryl methyl sites for hydroxylation is 1. The number of rotatable bonds is 1. The Kier molecular flexibility index (Phi) is 2.00. The van der Waals surface area contributed by atoms with Crippen LogP contribution >= 0.6 is 15.9 Å². The highest BCUT2D eigenvalue weighted by atomic mass is 79.9. The molecule has 0 amide bonds. The van der Waals surface area contributed by atoms with Crippen LogP contribution in [0, 0.1) is 0 Å². The van der Waals surface area contributed by atoms with Gasteiger partial charge in [-0.05, 0) is 28.1 Å². The monoisotopic (exact) mass is 240 g/mol. The molecule has 1 heterocycles. The molecule has 0 atom stereocenters. The summed E-state index contributed by atoms with van der Waals surface area (Å²) in [4.78, 5) is 0. The van der Waals surface area contributed by atoms with Crippen molar-refractivity contribution in [2.24, 2.45) is 7.05 Å². The van der Waals surface area contributed by atoms with Crippen LogP contribution in [0.25, 0.3) is 10.9 Å². The first-order valence-corrected chi connectivity index (χ1v) is 4.67. The highest BCUT2D eigenvalue weighted by Crippen LogP contribution is 2.29. The Bertz CT molecular complexity index is 450. The molecule has 0 saturated carbocycles. The van der Waals surface area contributed by atoms with Gasteiger partial charge < -0.3 is 4.74 Å². The first-order valence-electron chi connectivity index (χ1n) is 3.87. The fraction of sp³-hybridized carbons (Fsp3) is 0.222. The minimum absolute atomic E-state index is 0.834. The number of nitrogens with zero attached hydrogens (tertiary/aromatic N) is 2. The number of halogens is 1. The first-order chi connectivity index (χ1) is 6.20. The van der Waals surface area contributed by atoms with E-state index in [2.05, 4.69) is 21.0 Å². The van der Waals surface area contributed by atoms with Crippen LogP contribution in [0.3, 0.4) is 0 Å². The lowest BCUT2D eigenvalue weighted by Crippen LogP contribution is -1.85. The van der Waals surface area contributed by atoms with Crippen LogP contribution in [0.1, 0.15) is 0 Å². The van der Waals surface area contributed by atoms with Crippen molar-refractivity contribution < 1.29 is 4.74 Å². The van der Waals surface area contributed by atoms with E-state index in [1.165, 1.54) is 0 Å². The number of hydrogen-bond acceptors (Lipinski definition) is 2. The van der Waals surface area contributed by atoms with Crippen LogP contribution in [-0.4, -0.2) is 16.9 Å². The number of ether oxygens (including phenoxy) is 1. The Hall–Kier alpha value is -1.03. The van der Waals surface area contributed by atoms with Crippen LogP contribution in [-0.2, 0) is 7.05 Å². The highest BCUT2D eigenvalue weighted by molar-refractivity contribution is 9.10. The third-order valence-corrected chi connectivity index (χ3v) is 2.51. The predicted octanol–water partition coefficient (Wildman–Crippen LogP) is 2.34. The summed E-state index contributed by atoms with van der Waals surface area (Å²) < 4.78 is 7.90. The van der Waals surface area contributed by atoms with E-state index in [9.17, 15) is 0 Å². The lowest BCUT2D eigenvalue weighted by Gasteiger charge is -2.01. The third-order valence-electron chi connectivity index (χ3n) is 1.89. The summed E-state index contributed by atoms with van der Waals surface area (Å²) in [6.45, 7) is 0. The van der Waals surface area contributed by atoms with Crippen LogP contribution < -0.4 is 4.74 Å². The van der Waals surface area contributed by atoms with Crippen molar-refractivity contribution in [1.29, 1.82) is 0 Å². The second-order valence-corrected chi connectivity index (χ2v) is 3.70. The topological polar surface area (TPSA) is 27.1 Å². The standard InChI is InChI=1S/C9H9BrN2O/c1-12-5-6-3-9(13-2)7(10)4-8(6)11-12/h3-5H,1-2H3. The summed E-state index contributed by atoms with van der Waals surface area (Å²) in [5.41, 5.74) is 0.968. The molecule has 3 nitrogen and oxygen atoms in total. The van der Waals surface area contributed by atoms with Gasteiger partial charge in [-0.15, -0.1) is 0 Å². The molecular weight excluding hydrogens is 232 g/mol. The maximum Gasteiger partial charge on any atom is 0.133 e. The van der Waals surface area contributed by atoms with Crippen molar-refractivity contribution in [1.82, 2.24) is 9.78 Å². The van der Waals surface area contributed by atoms with Crippen LogP contribution in [0.2, 0.25) is 0 Å². The minimum atomic E-state index is 0.834. The molecule has 0 spiro atoms. The van der Waals surface area contributed by atoms with Crippen LogP contribution in [0.4, 0.5) is 0 Å². The zero-order valence-electron chi connectivity index (χ0n) is 7.41. The van der Waals surface area contributed by atoms with Gasteiger partial charge in [0, 0.05) is 18.6 Å². The van der Waals surface area contributed by atoms with Gasteiger partial charge in [0.25, 0.3) is 0 Å². The van der Waals surface area contributed by atoms with Crippen molar-refractivity contribution >= 4 is 26.8 Å². The molecule has 0 saturated heterocycles. The van der Waals surface area contributed by atoms with Gasteiger partial charge in [0.2, 0.25) is 0 Å². The van der Waals surface area contributed by atoms with Crippen molar-refractivity contribution in [3.63, 3.8) is 0 Å². The summed E-state index contributed by atoms with van der Waals surface area (Å²) in [6.07, 6.45) is 1.96. The Morgan fingerprint density at radius 3 is 2.92 bits per heavy atom. The zero-order valence-corrected chi connectivity index (χ0v) is 9.00. The van der Waals surface area contributed by atoms with Crippen LogP contribution in [0.5, 0.6) is 5.75 Å². The molecule has 13 heavy (non-hydrogen) atoms. The summed E-state index contributed by atoms with van der Waals surface area (Å²) >= 11 is 3.41. The molecule has 0 aliphatic carbocycles. The van der Waals surface area contributed by atoms with Gasteiger partial charge in [-0.25, -0.2) is 0 Å². The van der Waals surface area contributed by atoms with Gasteiger partial charge in [-0.3, -0.25) is 4.68 Å². The fourth-order valence-corrected chi connectivity index (χ4v) is 1.80. The molecule has 0 unspecified atom stereocenters. The van der Waals surface area contributed by atoms with E-state index in [0.29, 0.717) is 0 Å². The minimum Gasteiger partial charge on any atom is -0.496 e. The smallest absolute Gasteiger partial charge is 0.133 e. The van der Waals surface area contributed by atoms with Gasteiger partial charge in [-0.2, -0.15) is 5.10 Å². The maximum atomic E-state index is 5.18. The van der Waals surface area contributed by atoms with Gasteiger partial charge in [0.05, 0.1) is 17.1 Å². The number of methoxy groups -OCH3 is 1. The Morgan fingerprint density at radius 2 is 2.23 bits per heavy atom. The second-order valence-electron chi connectivity index (χ2n) is 2.85. The molecule has 0 aliphatic rings. The maximum absolute atomic E-state index is 5.18. The molecule has 1 aromatic carbocycles. The predicted molar refractivity (Wildman–Crippen MR) is 55.0 cm³/mol. The summed E-state index contributed by atoms with van der Waals surface area (Å²) in [7, 11) is 3.56. The molecule has 0 fully saturated rings. The van der Waals surface area contributed by atoms with E-state index < -0.39 is 0 Å². The van der Waals surface area contributed by atoms with E-state index >= 15 is 0 Å². The van der Waals surface area contributed by atoms with Crippen molar-refractivity contribution in [2.75, 3.05) is 7.11 Å². The molecule has 1 aromatic heterocycles. The highest BCUT2D eigenvalue weighted by Gasteiger charge is 2.04. The quantitative estimate of drug-likeness (QED) is 0.766. The summed E-state index contributed by atoms with van der Waals surface area (Å²) in [5, 5.41) is 5.37. The van der Waals surface area contributed by atoms with Crippen molar-refractivity contribution in [2.45, 2.75) is 0 Å². The third kappa shape index (κ3) is 1.42. The Labute approximate surface area is 84.4 Å². The molecule has 0 bridgehead atoms. The Balaban J connectivity index is 2.72. The summed E-state index contributed by atoms with van der Waals surface area (Å²) in [6, 6.07) is 3.92. The fourth-order valence-electron chi connectivity index (χ4n) is 1.31. The first kappa shape index (κ1) is 8.56. The van der Waals surface area contributed by atoms with E-state index in [0.717, 1.165) is 21.1 Å². The SMILES string of the molecule is COc1cc2cn(C)nc2cc1Br. The van der Waals surface area contributed by atoms with E-state index in [1.54, 1.807) is 11.8 Å². The van der Waals surface area contributed by atoms with E-state index in [4.69, 9.17) is 4.74 Å². The van der Waals surface area contributed by atoms with E-state index in [-0.39, 0.29) is 0 Å². The largest absolute Gasteiger partial charge is 0.496 e. The number of fused-ring (bicyclic) bond motifs is 1. The molecule has 0 radical (unpaired) electrons. The lowest BCUT2D eigenvalue weighted by molar-refractivity contribution is 0.413. The van der Waals surface area contributed by atoms with Crippen molar-refractivity contribution in [3.8, 4) is 5.75 Å². The molecule has 4 heteroatoms. The normalized spacial score (nSPS) is 10.7. The van der Waals surface area contributed by atoms with Crippen molar-refractivity contribution in [3.05, 3.63) is 22.8 Å². The molecule has 68 valence electrons. The molecule has 0 aliphatic heterocycles. The van der Waals surface area contributed by atoms with E-state index in [1.807, 2.05) is 25.4 Å². The Morgan fingerprint density at radius 1 is 1.46 bits per heavy atom. The average Bonchev–Trinajstić information content (AvgIpc) is 2.42. The van der Waals surface area contributed by atoms with Gasteiger partial charge in [0.15, 0.2) is 0 Å². The summed E-state index contributed by atoms with van der Waals surface area (Å²) in [5.74, 6) is 0.834. The number of benzene rings is 1.